The van der Waals surface area contributed by atoms with Crippen LogP contribution in [0.15, 0.2) is 42.9 Å². The van der Waals surface area contributed by atoms with Crippen molar-refractivity contribution in [2.45, 2.75) is 44.8 Å². The van der Waals surface area contributed by atoms with Crippen molar-refractivity contribution in [3.63, 3.8) is 0 Å². The van der Waals surface area contributed by atoms with Crippen LogP contribution < -0.4 is 15.8 Å². The van der Waals surface area contributed by atoms with Gasteiger partial charge in [0.25, 0.3) is 0 Å². The van der Waals surface area contributed by atoms with Gasteiger partial charge in [-0.1, -0.05) is 6.07 Å². The van der Waals surface area contributed by atoms with Gasteiger partial charge in [0, 0.05) is 67.0 Å². The number of ether oxygens (including phenoxy) is 1. The SMILES string of the molecule is CCNC(=O)N1CCC2(CCn3nc(-c4cnc(N)c(O[C@@H](C)c5cccnc5)c4)cc32)C1. The third-order valence-electron chi connectivity index (χ3n) is 6.73. The molecule has 1 fully saturated rings. The number of nitrogens with two attached hydrogens (primary N) is 1. The molecule has 3 aromatic heterocycles. The topological polar surface area (TPSA) is 111 Å². The molecular weight excluding hydrogens is 418 g/mol. The number of rotatable bonds is 5. The number of carbonyl (C=O) groups is 1. The van der Waals surface area contributed by atoms with Crippen LogP contribution in [0.3, 0.4) is 0 Å². The summed E-state index contributed by atoms with van der Waals surface area (Å²) in [6, 6.07) is 7.90. The first kappa shape index (κ1) is 21.2. The second-order valence-corrected chi connectivity index (χ2v) is 8.83. The normalized spacial score (nSPS) is 20.1. The molecule has 1 spiro atoms. The van der Waals surface area contributed by atoms with Gasteiger partial charge in [-0.15, -0.1) is 0 Å². The van der Waals surface area contributed by atoms with Crippen LogP contribution in [0.4, 0.5) is 10.6 Å². The molecule has 0 saturated carbocycles. The molecule has 2 aliphatic rings. The number of fused-ring (bicyclic) bond motifs is 2. The highest BCUT2D eigenvalue weighted by molar-refractivity contribution is 5.75. The fourth-order valence-electron chi connectivity index (χ4n) is 4.89. The third-order valence-corrected chi connectivity index (χ3v) is 6.73. The second-order valence-electron chi connectivity index (χ2n) is 8.83. The van der Waals surface area contributed by atoms with E-state index in [4.69, 9.17) is 15.6 Å². The Labute approximate surface area is 193 Å². The maximum absolute atomic E-state index is 12.3. The smallest absolute Gasteiger partial charge is 0.317 e. The summed E-state index contributed by atoms with van der Waals surface area (Å²) in [4.78, 5) is 22.8. The fraction of sp³-hybridized carbons (Fsp3) is 0.417. The van der Waals surface area contributed by atoms with Crippen molar-refractivity contribution >= 4 is 11.8 Å². The van der Waals surface area contributed by atoms with Gasteiger partial charge in [-0.05, 0) is 44.9 Å². The Hall–Kier alpha value is -3.62. The summed E-state index contributed by atoms with van der Waals surface area (Å²) in [5, 5.41) is 7.76. The highest BCUT2D eigenvalue weighted by Crippen LogP contribution is 2.44. The van der Waals surface area contributed by atoms with Gasteiger partial charge in [-0.3, -0.25) is 9.67 Å². The van der Waals surface area contributed by atoms with Crippen molar-refractivity contribution in [1.29, 1.82) is 0 Å². The highest BCUT2D eigenvalue weighted by Gasteiger charge is 2.46. The lowest BCUT2D eigenvalue weighted by molar-refractivity contribution is 0.206. The Morgan fingerprint density at radius 2 is 2.15 bits per heavy atom. The first-order valence-electron chi connectivity index (χ1n) is 11.4. The van der Waals surface area contributed by atoms with Crippen LogP contribution in [0.25, 0.3) is 11.3 Å². The summed E-state index contributed by atoms with van der Waals surface area (Å²) in [6.07, 6.45) is 6.99. The quantitative estimate of drug-likeness (QED) is 0.622. The Kier molecular flexibility index (Phi) is 5.39. The molecule has 1 unspecified atom stereocenters. The number of pyridine rings is 2. The van der Waals surface area contributed by atoms with E-state index >= 15 is 0 Å². The second kappa shape index (κ2) is 8.38. The van der Waals surface area contributed by atoms with E-state index in [-0.39, 0.29) is 17.6 Å². The van der Waals surface area contributed by atoms with E-state index in [1.54, 1.807) is 18.6 Å². The average Bonchev–Trinajstić information content (AvgIpc) is 3.53. The maximum atomic E-state index is 12.3. The molecule has 0 radical (unpaired) electrons. The van der Waals surface area contributed by atoms with Crippen LogP contribution in [0, 0.1) is 0 Å². The number of hydrogen-bond acceptors (Lipinski definition) is 6. The summed E-state index contributed by atoms with van der Waals surface area (Å²) >= 11 is 0. The van der Waals surface area contributed by atoms with Gasteiger partial charge in [-0.2, -0.15) is 5.10 Å². The number of nitrogens with zero attached hydrogens (tertiary/aromatic N) is 5. The predicted molar refractivity (Wildman–Crippen MR) is 125 cm³/mol. The van der Waals surface area contributed by atoms with Crippen molar-refractivity contribution < 1.29 is 9.53 Å². The van der Waals surface area contributed by atoms with Crippen molar-refractivity contribution in [2.75, 3.05) is 25.4 Å². The van der Waals surface area contributed by atoms with E-state index in [1.807, 2.05) is 36.9 Å². The molecule has 3 aromatic rings. The number of carbonyl (C=O) groups excluding carboxylic acids is 1. The van der Waals surface area contributed by atoms with E-state index in [1.165, 1.54) is 5.69 Å². The van der Waals surface area contributed by atoms with Crippen LogP contribution in [-0.2, 0) is 12.0 Å². The molecule has 1 saturated heterocycles. The molecule has 0 bridgehead atoms. The van der Waals surface area contributed by atoms with Crippen LogP contribution >= 0.6 is 0 Å². The van der Waals surface area contributed by atoms with Gasteiger partial charge in [0.05, 0.1) is 5.69 Å². The minimum atomic E-state index is -0.216. The molecule has 2 aliphatic heterocycles. The molecular formula is C24H29N7O2. The Morgan fingerprint density at radius 3 is 2.94 bits per heavy atom. The molecule has 2 atom stereocenters. The summed E-state index contributed by atoms with van der Waals surface area (Å²) in [6.45, 7) is 6.87. The lowest BCUT2D eigenvalue weighted by Gasteiger charge is -2.23. The van der Waals surface area contributed by atoms with Crippen molar-refractivity contribution in [1.82, 2.24) is 30.0 Å². The van der Waals surface area contributed by atoms with E-state index in [0.29, 0.717) is 18.1 Å². The molecule has 0 aliphatic carbocycles. The molecule has 2 amide bonds. The van der Waals surface area contributed by atoms with Crippen LogP contribution in [-0.4, -0.2) is 50.3 Å². The number of nitrogens with one attached hydrogen (secondary N) is 1. The van der Waals surface area contributed by atoms with E-state index in [2.05, 4.69) is 26.0 Å². The van der Waals surface area contributed by atoms with Gasteiger partial charge in [0.15, 0.2) is 11.6 Å². The monoisotopic (exact) mass is 447 g/mol. The number of urea groups is 1. The van der Waals surface area contributed by atoms with Crippen molar-refractivity contribution in [3.8, 4) is 17.0 Å². The largest absolute Gasteiger partial charge is 0.482 e. The molecule has 172 valence electrons. The molecule has 5 heterocycles. The average molecular weight is 448 g/mol. The summed E-state index contributed by atoms with van der Waals surface area (Å²) in [5.41, 5.74) is 9.92. The standard InChI is InChI=1S/C24H29N7O2/c1-3-27-23(32)30-9-6-24(15-30)7-10-31-21(24)12-19(29-31)18-11-20(22(25)28-14-18)33-16(2)17-5-4-8-26-13-17/h4-5,8,11-14,16H,3,6-7,9-10,15H2,1-2H3,(H2,25,28)(H,27,32)/t16-,24?/m0/s1. The number of likely N-dealkylation sites (tertiary alicyclic amines) is 1. The molecule has 3 N–H and O–H groups in total. The first-order valence-corrected chi connectivity index (χ1v) is 11.4. The Bertz CT molecular complexity index is 1160. The molecule has 9 heteroatoms. The molecule has 33 heavy (non-hydrogen) atoms. The maximum Gasteiger partial charge on any atom is 0.317 e. The molecule has 0 aromatic carbocycles. The highest BCUT2D eigenvalue weighted by atomic mass is 16.5. The number of amides is 2. The minimum absolute atomic E-state index is 0.0137. The molecule has 9 nitrogen and oxygen atoms in total. The zero-order valence-corrected chi connectivity index (χ0v) is 19.0. The van der Waals surface area contributed by atoms with E-state index in [0.717, 1.165) is 49.3 Å². The Balaban J connectivity index is 1.38. The predicted octanol–water partition coefficient (Wildman–Crippen LogP) is 3.14. The van der Waals surface area contributed by atoms with E-state index in [9.17, 15) is 4.79 Å². The van der Waals surface area contributed by atoms with Crippen LogP contribution in [0.5, 0.6) is 5.75 Å². The molecule has 5 rings (SSSR count). The van der Waals surface area contributed by atoms with Crippen molar-refractivity contribution in [2.24, 2.45) is 0 Å². The zero-order chi connectivity index (χ0) is 23.0. The number of nitrogen functional groups attached to an aromatic ring is 1. The summed E-state index contributed by atoms with van der Waals surface area (Å²) in [5.74, 6) is 0.862. The number of aromatic nitrogens is 4. The lowest BCUT2D eigenvalue weighted by Crippen LogP contribution is -2.40. The first-order chi connectivity index (χ1) is 16.0. The third kappa shape index (κ3) is 3.88. The minimum Gasteiger partial charge on any atom is -0.482 e. The number of hydrogen-bond donors (Lipinski definition) is 2. The summed E-state index contributed by atoms with van der Waals surface area (Å²) < 4.78 is 8.19. The van der Waals surface area contributed by atoms with E-state index < -0.39 is 0 Å². The number of aryl methyl sites for hydroxylation is 1. The van der Waals surface area contributed by atoms with Gasteiger partial charge in [0.2, 0.25) is 0 Å². The number of anilines is 1. The van der Waals surface area contributed by atoms with Crippen LogP contribution in [0.1, 0.15) is 44.1 Å². The summed E-state index contributed by atoms with van der Waals surface area (Å²) in [7, 11) is 0. The van der Waals surface area contributed by atoms with Gasteiger partial charge in [-0.25, -0.2) is 9.78 Å². The van der Waals surface area contributed by atoms with Gasteiger partial charge < -0.3 is 20.7 Å². The van der Waals surface area contributed by atoms with Gasteiger partial charge in [0.1, 0.15) is 6.10 Å². The lowest BCUT2D eigenvalue weighted by atomic mass is 9.82. The van der Waals surface area contributed by atoms with Gasteiger partial charge >= 0.3 is 6.03 Å². The van der Waals surface area contributed by atoms with Crippen LogP contribution in [0.2, 0.25) is 0 Å². The zero-order valence-electron chi connectivity index (χ0n) is 19.0. The fourth-order valence-corrected chi connectivity index (χ4v) is 4.89. The Morgan fingerprint density at radius 1 is 1.30 bits per heavy atom. The van der Waals surface area contributed by atoms with Crippen molar-refractivity contribution in [3.05, 3.63) is 54.1 Å².